The second kappa shape index (κ2) is 7.72. The minimum absolute atomic E-state index is 0.153. The van der Waals surface area contributed by atoms with E-state index in [0.717, 1.165) is 19.4 Å². The summed E-state index contributed by atoms with van der Waals surface area (Å²) < 4.78 is 32.0. The Morgan fingerprint density at radius 2 is 1.80 bits per heavy atom. The lowest BCUT2D eigenvalue weighted by Crippen LogP contribution is -2.50. The van der Waals surface area contributed by atoms with Crippen molar-refractivity contribution in [3.05, 3.63) is 24.3 Å². The number of carbonyl (C=O) groups is 1. The summed E-state index contributed by atoms with van der Waals surface area (Å²) in [6.07, 6.45) is 2.02. The van der Waals surface area contributed by atoms with Crippen LogP contribution in [-0.2, 0) is 14.8 Å². The molecule has 1 amide bonds. The Balaban J connectivity index is 1.47. The zero-order chi connectivity index (χ0) is 17.9. The Bertz CT molecular complexity index is 693. The molecule has 1 aromatic carbocycles. The Morgan fingerprint density at radius 1 is 1.16 bits per heavy atom. The van der Waals surface area contributed by atoms with Crippen molar-refractivity contribution in [1.82, 2.24) is 14.5 Å². The number of ether oxygens (including phenoxy) is 1. The van der Waals surface area contributed by atoms with Gasteiger partial charge in [0.05, 0.1) is 12.0 Å². The molecule has 2 aliphatic rings. The van der Waals surface area contributed by atoms with Crippen LogP contribution in [0, 0.1) is 5.92 Å². The van der Waals surface area contributed by atoms with Crippen molar-refractivity contribution in [2.45, 2.75) is 17.7 Å². The van der Waals surface area contributed by atoms with Gasteiger partial charge >= 0.3 is 0 Å². The van der Waals surface area contributed by atoms with Crippen molar-refractivity contribution < 1.29 is 17.9 Å². The quantitative estimate of drug-likeness (QED) is 0.760. The molecular weight excluding hydrogens is 342 g/mol. The van der Waals surface area contributed by atoms with E-state index in [-0.39, 0.29) is 11.8 Å². The van der Waals surface area contributed by atoms with E-state index in [2.05, 4.69) is 10.2 Å². The van der Waals surface area contributed by atoms with Gasteiger partial charge < -0.3 is 10.1 Å². The van der Waals surface area contributed by atoms with Gasteiger partial charge in [0.1, 0.15) is 5.75 Å². The molecule has 1 saturated carbocycles. The molecule has 1 heterocycles. The van der Waals surface area contributed by atoms with Crippen molar-refractivity contribution in [3.63, 3.8) is 0 Å². The van der Waals surface area contributed by atoms with Crippen molar-refractivity contribution in [1.29, 1.82) is 0 Å². The van der Waals surface area contributed by atoms with Crippen LogP contribution >= 0.6 is 0 Å². The van der Waals surface area contributed by atoms with E-state index in [1.54, 1.807) is 31.4 Å². The van der Waals surface area contributed by atoms with Crippen LogP contribution in [0.1, 0.15) is 12.8 Å². The topological polar surface area (TPSA) is 79.0 Å². The highest BCUT2D eigenvalue weighted by Crippen LogP contribution is 2.28. The largest absolute Gasteiger partial charge is 0.497 e. The van der Waals surface area contributed by atoms with E-state index < -0.39 is 10.0 Å². The second-order valence-corrected chi connectivity index (χ2v) is 8.42. The summed E-state index contributed by atoms with van der Waals surface area (Å²) in [7, 11) is -1.91. The standard InChI is InChI=1S/C17H25N3O4S/c1-24-15-4-6-16(7-5-15)25(22,23)20-12-10-19(11-13-20)9-8-18-17(21)14-2-3-14/h4-7,14H,2-3,8-13H2,1H3,(H,18,21). The van der Waals surface area contributed by atoms with Crippen molar-refractivity contribution >= 4 is 15.9 Å². The molecule has 0 unspecified atom stereocenters. The molecule has 1 saturated heterocycles. The van der Waals surface area contributed by atoms with Gasteiger partial charge in [-0.2, -0.15) is 4.31 Å². The van der Waals surface area contributed by atoms with Crippen LogP contribution < -0.4 is 10.1 Å². The number of rotatable bonds is 7. The van der Waals surface area contributed by atoms with Crippen LogP contribution in [0.2, 0.25) is 0 Å². The number of methoxy groups -OCH3 is 1. The van der Waals surface area contributed by atoms with Crippen molar-refractivity contribution in [3.8, 4) is 5.75 Å². The summed E-state index contributed by atoms with van der Waals surface area (Å²) >= 11 is 0. The van der Waals surface area contributed by atoms with E-state index in [9.17, 15) is 13.2 Å². The number of nitrogens with one attached hydrogen (secondary N) is 1. The lowest BCUT2D eigenvalue weighted by molar-refractivity contribution is -0.122. The first-order valence-electron chi connectivity index (χ1n) is 8.65. The molecule has 2 fully saturated rings. The molecular formula is C17H25N3O4S. The number of hydrogen-bond donors (Lipinski definition) is 1. The van der Waals surface area contributed by atoms with Gasteiger partial charge in [-0.05, 0) is 37.1 Å². The van der Waals surface area contributed by atoms with Gasteiger partial charge in [-0.3, -0.25) is 9.69 Å². The van der Waals surface area contributed by atoms with E-state index >= 15 is 0 Å². The third kappa shape index (κ3) is 4.50. The summed E-state index contributed by atoms with van der Waals surface area (Å²) in [6.45, 7) is 3.66. The molecule has 8 heteroatoms. The summed E-state index contributed by atoms with van der Waals surface area (Å²) in [5.41, 5.74) is 0. The first-order valence-corrected chi connectivity index (χ1v) is 10.1. The van der Waals surface area contributed by atoms with E-state index in [0.29, 0.717) is 43.4 Å². The highest BCUT2D eigenvalue weighted by Gasteiger charge is 2.30. The zero-order valence-corrected chi connectivity index (χ0v) is 15.3. The highest BCUT2D eigenvalue weighted by atomic mass is 32.2. The number of piperazine rings is 1. The van der Waals surface area contributed by atoms with Gasteiger partial charge in [-0.1, -0.05) is 0 Å². The maximum absolute atomic E-state index is 12.7. The third-order valence-electron chi connectivity index (χ3n) is 4.70. The Hall–Kier alpha value is -1.64. The molecule has 3 rings (SSSR count). The highest BCUT2D eigenvalue weighted by molar-refractivity contribution is 7.89. The Morgan fingerprint density at radius 3 is 2.36 bits per heavy atom. The molecule has 0 radical (unpaired) electrons. The van der Waals surface area contributed by atoms with E-state index in [4.69, 9.17) is 4.74 Å². The molecule has 0 spiro atoms. The van der Waals surface area contributed by atoms with Gasteiger partial charge in [-0.15, -0.1) is 0 Å². The second-order valence-electron chi connectivity index (χ2n) is 6.49. The molecule has 25 heavy (non-hydrogen) atoms. The molecule has 0 aromatic heterocycles. The molecule has 0 bridgehead atoms. The maximum atomic E-state index is 12.7. The molecule has 1 aliphatic carbocycles. The average molecular weight is 367 g/mol. The Labute approximate surface area is 149 Å². The number of amides is 1. The van der Waals surface area contributed by atoms with Crippen LogP contribution in [0.5, 0.6) is 5.75 Å². The molecule has 0 atom stereocenters. The molecule has 1 aromatic rings. The maximum Gasteiger partial charge on any atom is 0.243 e. The van der Waals surface area contributed by atoms with Crippen LogP contribution in [0.4, 0.5) is 0 Å². The SMILES string of the molecule is COc1ccc(S(=O)(=O)N2CCN(CCNC(=O)C3CC3)CC2)cc1. The lowest BCUT2D eigenvalue weighted by atomic mass is 10.3. The summed E-state index contributed by atoms with van der Waals surface area (Å²) in [5, 5.41) is 2.95. The van der Waals surface area contributed by atoms with Crippen LogP contribution in [0.25, 0.3) is 0 Å². The number of nitrogens with zero attached hydrogens (tertiary/aromatic N) is 2. The van der Waals surface area contributed by atoms with Gasteiger partial charge in [0.25, 0.3) is 0 Å². The predicted molar refractivity (Wildman–Crippen MR) is 93.9 cm³/mol. The number of sulfonamides is 1. The Kier molecular flexibility index (Phi) is 5.61. The minimum atomic E-state index is -3.47. The third-order valence-corrected chi connectivity index (χ3v) is 6.62. The number of carbonyl (C=O) groups excluding carboxylic acids is 1. The summed E-state index contributed by atoms with van der Waals surface area (Å²) in [4.78, 5) is 14.1. The first-order chi connectivity index (χ1) is 12.0. The normalized spacial score (nSPS) is 19.6. The van der Waals surface area contributed by atoms with Crippen LogP contribution in [0.15, 0.2) is 29.2 Å². The van der Waals surface area contributed by atoms with Crippen LogP contribution in [0.3, 0.4) is 0 Å². The molecule has 1 N–H and O–H groups in total. The first kappa shape index (κ1) is 18.2. The minimum Gasteiger partial charge on any atom is -0.497 e. The summed E-state index contributed by atoms with van der Waals surface area (Å²) in [6, 6.07) is 6.47. The van der Waals surface area contributed by atoms with Gasteiger partial charge in [0.15, 0.2) is 0 Å². The van der Waals surface area contributed by atoms with E-state index in [1.165, 1.54) is 4.31 Å². The fourth-order valence-corrected chi connectivity index (χ4v) is 4.34. The fourth-order valence-electron chi connectivity index (χ4n) is 2.92. The van der Waals surface area contributed by atoms with Gasteiger partial charge in [0.2, 0.25) is 15.9 Å². The number of benzene rings is 1. The fraction of sp³-hybridized carbons (Fsp3) is 0.588. The average Bonchev–Trinajstić information content (AvgIpc) is 3.47. The molecule has 138 valence electrons. The number of hydrogen-bond acceptors (Lipinski definition) is 5. The summed E-state index contributed by atoms with van der Waals surface area (Å²) in [5.74, 6) is 1.02. The van der Waals surface area contributed by atoms with Gasteiger partial charge in [-0.25, -0.2) is 8.42 Å². The van der Waals surface area contributed by atoms with E-state index in [1.807, 2.05) is 0 Å². The smallest absolute Gasteiger partial charge is 0.243 e. The van der Waals surface area contributed by atoms with Crippen molar-refractivity contribution in [2.24, 2.45) is 5.92 Å². The zero-order valence-electron chi connectivity index (χ0n) is 14.5. The predicted octanol–water partition coefficient (Wildman–Crippen LogP) is 0.528. The monoisotopic (exact) mass is 367 g/mol. The van der Waals surface area contributed by atoms with Crippen molar-refractivity contribution in [2.75, 3.05) is 46.4 Å². The van der Waals surface area contributed by atoms with Crippen LogP contribution in [-0.4, -0.2) is 69.9 Å². The molecule has 1 aliphatic heterocycles. The van der Waals surface area contributed by atoms with Gasteiger partial charge in [0, 0.05) is 45.2 Å². The molecule has 7 nitrogen and oxygen atoms in total. The lowest BCUT2D eigenvalue weighted by Gasteiger charge is -2.34.